The van der Waals surface area contributed by atoms with Crippen molar-refractivity contribution < 1.29 is 34.2 Å². The molecule has 0 aliphatic carbocycles. The van der Waals surface area contributed by atoms with E-state index in [-0.39, 0.29) is 18.8 Å². The number of carbonyl (C=O) groups is 5. The summed E-state index contributed by atoms with van der Waals surface area (Å²) in [6, 6.07) is -4.77. The van der Waals surface area contributed by atoms with Crippen molar-refractivity contribution in [3.05, 3.63) is 0 Å². The van der Waals surface area contributed by atoms with Crippen LogP contribution >= 0.6 is 0 Å². The predicted octanol–water partition coefficient (Wildman–Crippen LogP) is -2.58. The second-order valence-corrected chi connectivity index (χ2v) is 7.65. The van der Waals surface area contributed by atoms with Gasteiger partial charge in [-0.1, -0.05) is 27.7 Å². The first kappa shape index (κ1) is 27.3. The van der Waals surface area contributed by atoms with Crippen LogP contribution in [0.15, 0.2) is 0 Å². The predicted molar refractivity (Wildman–Crippen MR) is 107 cm³/mol. The van der Waals surface area contributed by atoms with Gasteiger partial charge in [0, 0.05) is 6.42 Å². The lowest BCUT2D eigenvalue weighted by Crippen LogP contribution is -2.59. The SMILES string of the molecule is CC(C)C(N)C(=O)NC(CCC(N)=O)C(=O)NC(C(=O)NC(CO)C(=O)O)C(C)C. The average molecular weight is 431 g/mol. The summed E-state index contributed by atoms with van der Waals surface area (Å²) in [7, 11) is 0. The van der Waals surface area contributed by atoms with Gasteiger partial charge in [0.05, 0.1) is 12.6 Å². The quantitative estimate of drug-likeness (QED) is 0.164. The largest absolute Gasteiger partial charge is 0.480 e. The molecule has 172 valence electrons. The van der Waals surface area contributed by atoms with Crippen LogP contribution in [-0.2, 0) is 24.0 Å². The third-order valence-electron chi connectivity index (χ3n) is 4.38. The van der Waals surface area contributed by atoms with Crippen LogP contribution in [0.2, 0.25) is 0 Å². The summed E-state index contributed by atoms with van der Waals surface area (Å²) in [5, 5.41) is 25.1. The number of carbonyl (C=O) groups excluding carboxylic acids is 4. The normalized spacial score (nSPS) is 15.1. The first-order chi connectivity index (χ1) is 13.8. The van der Waals surface area contributed by atoms with Crippen molar-refractivity contribution in [2.75, 3.05) is 6.61 Å². The molecular weight excluding hydrogens is 398 g/mol. The number of rotatable bonds is 13. The van der Waals surface area contributed by atoms with Crippen LogP contribution in [-0.4, -0.2) is 70.6 Å². The minimum absolute atomic E-state index is 0.113. The van der Waals surface area contributed by atoms with Crippen molar-refractivity contribution in [1.82, 2.24) is 16.0 Å². The van der Waals surface area contributed by atoms with E-state index >= 15 is 0 Å². The van der Waals surface area contributed by atoms with Gasteiger partial charge in [0.1, 0.15) is 18.1 Å². The van der Waals surface area contributed by atoms with Crippen LogP contribution < -0.4 is 27.4 Å². The molecule has 0 saturated carbocycles. The third-order valence-corrected chi connectivity index (χ3v) is 4.38. The minimum atomic E-state index is -1.54. The lowest BCUT2D eigenvalue weighted by atomic mass is 10.0. The van der Waals surface area contributed by atoms with E-state index in [4.69, 9.17) is 21.7 Å². The van der Waals surface area contributed by atoms with Crippen LogP contribution in [0.4, 0.5) is 0 Å². The Morgan fingerprint density at radius 3 is 1.77 bits per heavy atom. The molecule has 0 aliphatic rings. The summed E-state index contributed by atoms with van der Waals surface area (Å²) < 4.78 is 0. The number of hydrogen-bond donors (Lipinski definition) is 7. The molecule has 4 amide bonds. The second kappa shape index (κ2) is 12.8. The number of carboxylic acids is 1. The van der Waals surface area contributed by atoms with E-state index in [1.807, 2.05) is 0 Å². The van der Waals surface area contributed by atoms with Crippen LogP contribution in [0.1, 0.15) is 40.5 Å². The summed E-state index contributed by atoms with van der Waals surface area (Å²) in [6.45, 7) is 5.85. The number of carboxylic acid groups (broad SMARTS) is 1. The molecule has 0 aromatic rings. The van der Waals surface area contributed by atoms with Gasteiger partial charge in [-0.3, -0.25) is 19.2 Å². The Morgan fingerprint density at radius 2 is 1.37 bits per heavy atom. The Bertz CT molecular complexity index is 638. The zero-order valence-electron chi connectivity index (χ0n) is 17.7. The molecule has 12 nitrogen and oxygen atoms in total. The maximum atomic E-state index is 12.7. The molecule has 12 heteroatoms. The first-order valence-corrected chi connectivity index (χ1v) is 9.60. The van der Waals surface area contributed by atoms with E-state index in [0.29, 0.717) is 0 Å². The number of amides is 4. The lowest BCUT2D eigenvalue weighted by Gasteiger charge is -2.27. The highest BCUT2D eigenvalue weighted by Gasteiger charge is 2.32. The number of aliphatic carboxylic acids is 1. The number of hydrogen-bond acceptors (Lipinski definition) is 7. The Hall–Kier alpha value is -2.73. The second-order valence-electron chi connectivity index (χ2n) is 7.65. The number of aliphatic hydroxyl groups excluding tert-OH is 1. The van der Waals surface area contributed by atoms with Crippen molar-refractivity contribution in [2.24, 2.45) is 23.3 Å². The number of aliphatic hydroxyl groups is 1. The summed E-state index contributed by atoms with van der Waals surface area (Å²) in [4.78, 5) is 59.5. The van der Waals surface area contributed by atoms with Gasteiger partial charge in [-0.05, 0) is 18.3 Å². The van der Waals surface area contributed by atoms with Gasteiger partial charge in [-0.2, -0.15) is 0 Å². The van der Waals surface area contributed by atoms with Crippen LogP contribution in [0.5, 0.6) is 0 Å². The Morgan fingerprint density at radius 1 is 0.833 bits per heavy atom. The minimum Gasteiger partial charge on any atom is -0.480 e. The van der Waals surface area contributed by atoms with E-state index in [1.54, 1.807) is 27.7 Å². The maximum Gasteiger partial charge on any atom is 0.328 e. The van der Waals surface area contributed by atoms with Gasteiger partial charge >= 0.3 is 5.97 Å². The van der Waals surface area contributed by atoms with Gasteiger partial charge in [0.15, 0.2) is 0 Å². The monoisotopic (exact) mass is 431 g/mol. The van der Waals surface area contributed by atoms with Gasteiger partial charge in [-0.15, -0.1) is 0 Å². The maximum absolute atomic E-state index is 12.7. The molecule has 4 atom stereocenters. The fraction of sp³-hybridized carbons (Fsp3) is 0.722. The van der Waals surface area contributed by atoms with Crippen molar-refractivity contribution >= 4 is 29.6 Å². The van der Waals surface area contributed by atoms with E-state index < -0.39 is 66.3 Å². The molecule has 0 aromatic carbocycles. The third kappa shape index (κ3) is 9.18. The topological polar surface area (TPSA) is 214 Å². The molecule has 0 bridgehead atoms. The van der Waals surface area contributed by atoms with Crippen molar-refractivity contribution in [3.8, 4) is 0 Å². The molecular formula is C18H33N5O7. The molecule has 0 radical (unpaired) electrons. The molecule has 0 aliphatic heterocycles. The fourth-order valence-electron chi connectivity index (χ4n) is 2.36. The Kier molecular flexibility index (Phi) is 11.6. The van der Waals surface area contributed by atoms with Crippen LogP contribution in [0.3, 0.4) is 0 Å². The average Bonchev–Trinajstić information content (AvgIpc) is 2.65. The number of primary amides is 1. The van der Waals surface area contributed by atoms with Gasteiger partial charge in [0.25, 0.3) is 0 Å². The fourth-order valence-corrected chi connectivity index (χ4v) is 2.36. The van der Waals surface area contributed by atoms with Crippen LogP contribution in [0.25, 0.3) is 0 Å². The summed E-state index contributed by atoms with van der Waals surface area (Å²) in [5.41, 5.74) is 10.9. The number of nitrogens with two attached hydrogens (primary N) is 2. The lowest BCUT2D eigenvalue weighted by molar-refractivity contribution is -0.143. The molecule has 0 heterocycles. The highest BCUT2D eigenvalue weighted by molar-refractivity contribution is 5.94. The zero-order valence-corrected chi connectivity index (χ0v) is 17.7. The first-order valence-electron chi connectivity index (χ1n) is 9.60. The molecule has 0 saturated heterocycles. The Labute approximate surface area is 175 Å². The summed E-state index contributed by atoms with van der Waals surface area (Å²) in [5.74, 6) is -4.96. The van der Waals surface area contributed by atoms with Gasteiger partial charge in [0.2, 0.25) is 23.6 Å². The molecule has 30 heavy (non-hydrogen) atoms. The standard InChI is InChI=1S/C18H33N5O7/c1-8(2)13(20)16(27)21-10(5-6-12(19)25)15(26)23-14(9(3)4)17(28)22-11(7-24)18(29)30/h8-11,13-14,24H,5-7,20H2,1-4H3,(H2,19,25)(H,21,27)(H,22,28)(H,23,26)(H,29,30). The van der Waals surface area contributed by atoms with Crippen LogP contribution in [0, 0.1) is 11.8 Å². The highest BCUT2D eigenvalue weighted by Crippen LogP contribution is 2.07. The van der Waals surface area contributed by atoms with E-state index in [9.17, 15) is 24.0 Å². The molecule has 0 aromatic heterocycles. The molecule has 0 spiro atoms. The van der Waals surface area contributed by atoms with Gasteiger partial charge < -0.3 is 37.6 Å². The highest BCUT2D eigenvalue weighted by atomic mass is 16.4. The van der Waals surface area contributed by atoms with Crippen molar-refractivity contribution in [2.45, 2.75) is 64.7 Å². The molecule has 0 fully saturated rings. The molecule has 0 rings (SSSR count). The Balaban J connectivity index is 5.41. The van der Waals surface area contributed by atoms with Gasteiger partial charge in [-0.25, -0.2) is 4.79 Å². The number of nitrogens with one attached hydrogen (secondary N) is 3. The van der Waals surface area contributed by atoms with E-state index in [1.165, 1.54) is 0 Å². The zero-order chi connectivity index (χ0) is 23.6. The summed E-state index contributed by atoms with van der Waals surface area (Å²) in [6.07, 6.45) is -0.308. The van der Waals surface area contributed by atoms with Crippen molar-refractivity contribution in [1.29, 1.82) is 0 Å². The van der Waals surface area contributed by atoms with E-state index in [2.05, 4.69) is 16.0 Å². The molecule has 4 unspecified atom stereocenters. The molecule has 9 N–H and O–H groups in total. The van der Waals surface area contributed by atoms with Crippen molar-refractivity contribution in [3.63, 3.8) is 0 Å². The van der Waals surface area contributed by atoms with E-state index in [0.717, 1.165) is 0 Å². The smallest absolute Gasteiger partial charge is 0.328 e. The summed E-state index contributed by atoms with van der Waals surface area (Å²) >= 11 is 0.